The first kappa shape index (κ1) is 19.2. The van der Waals surface area contributed by atoms with Crippen LogP contribution in [-0.4, -0.2) is 51.7 Å². The van der Waals surface area contributed by atoms with Crippen LogP contribution in [0.1, 0.15) is 22.8 Å². The number of hydrogen-bond acceptors (Lipinski definition) is 6. The molecule has 1 saturated heterocycles. The number of hydrogen-bond donors (Lipinski definition) is 0. The molecular formula is C24H24N6O. The van der Waals surface area contributed by atoms with E-state index in [1.807, 2.05) is 47.3 Å². The molecule has 1 aliphatic heterocycles. The molecule has 5 rings (SSSR count). The lowest BCUT2D eigenvalue weighted by Crippen LogP contribution is -2.46. The third-order valence-electron chi connectivity index (χ3n) is 5.81. The zero-order chi connectivity index (χ0) is 21.4. The van der Waals surface area contributed by atoms with Gasteiger partial charge < -0.3 is 9.80 Å². The van der Waals surface area contributed by atoms with E-state index in [1.165, 1.54) is 5.56 Å². The molecule has 2 aromatic carbocycles. The van der Waals surface area contributed by atoms with Gasteiger partial charge in [-0.05, 0) is 55.8 Å². The van der Waals surface area contributed by atoms with Gasteiger partial charge in [-0.2, -0.15) is 5.10 Å². The van der Waals surface area contributed by atoms with E-state index in [-0.39, 0.29) is 5.78 Å². The van der Waals surface area contributed by atoms with Gasteiger partial charge >= 0.3 is 0 Å². The topological polar surface area (TPSA) is 67.2 Å². The van der Waals surface area contributed by atoms with Crippen LogP contribution in [0, 0.1) is 6.92 Å². The van der Waals surface area contributed by atoms with Gasteiger partial charge in [0.1, 0.15) is 12.1 Å². The van der Waals surface area contributed by atoms with Crippen LogP contribution >= 0.6 is 0 Å². The molecule has 0 aliphatic carbocycles. The summed E-state index contributed by atoms with van der Waals surface area (Å²) in [6, 6.07) is 16.1. The van der Waals surface area contributed by atoms with Gasteiger partial charge in [-0.25, -0.2) is 14.6 Å². The number of benzene rings is 2. The Labute approximate surface area is 181 Å². The third kappa shape index (κ3) is 3.63. The number of aryl methyl sites for hydroxylation is 1. The predicted molar refractivity (Wildman–Crippen MR) is 122 cm³/mol. The molecule has 0 N–H and O–H groups in total. The maximum absolute atomic E-state index is 11.5. The molecular weight excluding hydrogens is 388 g/mol. The lowest BCUT2D eigenvalue weighted by atomic mass is 10.1. The molecule has 0 saturated carbocycles. The van der Waals surface area contributed by atoms with Gasteiger partial charge in [0, 0.05) is 37.4 Å². The molecule has 0 bridgehead atoms. The Bertz CT molecular complexity index is 1240. The van der Waals surface area contributed by atoms with Crippen molar-refractivity contribution >= 4 is 28.3 Å². The first-order valence-corrected chi connectivity index (χ1v) is 10.5. The predicted octanol–water partition coefficient (Wildman–Crippen LogP) is 3.65. The van der Waals surface area contributed by atoms with Crippen molar-refractivity contribution in [1.29, 1.82) is 0 Å². The molecule has 0 amide bonds. The molecule has 0 atom stereocenters. The number of aromatic nitrogens is 4. The van der Waals surface area contributed by atoms with E-state index in [2.05, 4.69) is 43.9 Å². The van der Waals surface area contributed by atoms with Crippen LogP contribution in [0.25, 0.3) is 16.7 Å². The fourth-order valence-corrected chi connectivity index (χ4v) is 4.12. The van der Waals surface area contributed by atoms with E-state index >= 15 is 0 Å². The molecule has 156 valence electrons. The zero-order valence-corrected chi connectivity index (χ0v) is 17.7. The number of fused-ring (bicyclic) bond motifs is 1. The molecule has 7 heteroatoms. The molecule has 0 spiro atoms. The fraction of sp³-hybridized carbons (Fsp3) is 0.250. The van der Waals surface area contributed by atoms with E-state index in [1.54, 1.807) is 13.3 Å². The summed E-state index contributed by atoms with van der Waals surface area (Å²) in [7, 11) is 0. The van der Waals surface area contributed by atoms with Gasteiger partial charge in [0.05, 0.1) is 17.3 Å². The minimum atomic E-state index is 0.0929. The summed E-state index contributed by atoms with van der Waals surface area (Å²) in [5, 5.41) is 5.56. The van der Waals surface area contributed by atoms with Crippen LogP contribution in [0.4, 0.5) is 11.5 Å². The summed E-state index contributed by atoms with van der Waals surface area (Å²) in [5.74, 6) is 1.02. The number of piperazine rings is 1. The number of nitrogens with zero attached hydrogens (tertiary/aromatic N) is 6. The normalized spacial score (nSPS) is 14.3. The average Bonchev–Trinajstić information content (AvgIpc) is 3.24. The monoisotopic (exact) mass is 412 g/mol. The van der Waals surface area contributed by atoms with Crippen molar-refractivity contribution in [2.24, 2.45) is 0 Å². The Morgan fingerprint density at radius 1 is 0.903 bits per heavy atom. The van der Waals surface area contributed by atoms with Gasteiger partial charge in [0.15, 0.2) is 11.4 Å². The second kappa shape index (κ2) is 7.83. The van der Waals surface area contributed by atoms with Crippen LogP contribution in [0.5, 0.6) is 0 Å². The Morgan fingerprint density at radius 2 is 1.65 bits per heavy atom. The van der Waals surface area contributed by atoms with Crippen LogP contribution in [0.3, 0.4) is 0 Å². The van der Waals surface area contributed by atoms with Crippen molar-refractivity contribution in [2.75, 3.05) is 36.0 Å². The molecule has 3 heterocycles. The third-order valence-corrected chi connectivity index (χ3v) is 5.81. The Morgan fingerprint density at radius 3 is 2.35 bits per heavy atom. The maximum Gasteiger partial charge on any atom is 0.168 e. The van der Waals surface area contributed by atoms with Gasteiger partial charge in [-0.3, -0.25) is 4.79 Å². The SMILES string of the molecule is CC(=O)c1ccc(N2CCN(c3ncnc4c3cnn4-c3cccc(C)c3)CC2)cc1. The second-order valence-electron chi connectivity index (χ2n) is 7.91. The first-order valence-electron chi connectivity index (χ1n) is 10.5. The van der Waals surface area contributed by atoms with Gasteiger partial charge in [-0.1, -0.05) is 12.1 Å². The van der Waals surface area contributed by atoms with E-state index in [0.717, 1.165) is 60.0 Å². The standard InChI is InChI=1S/C24H24N6O/c1-17-4-3-5-21(14-17)30-24-22(15-27-30)23(25-16-26-24)29-12-10-28(11-13-29)20-8-6-19(7-9-20)18(2)31/h3-9,14-16H,10-13H2,1-2H3. The van der Waals surface area contributed by atoms with Crippen LogP contribution in [0.2, 0.25) is 0 Å². The number of carbonyl (C=O) groups excluding carboxylic acids is 1. The number of anilines is 2. The zero-order valence-electron chi connectivity index (χ0n) is 17.7. The summed E-state index contributed by atoms with van der Waals surface area (Å²) in [4.78, 5) is 25.3. The fourth-order valence-electron chi connectivity index (χ4n) is 4.12. The van der Waals surface area contributed by atoms with Crippen molar-refractivity contribution < 1.29 is 4.79 Å². The number of carbonyl (C=O) groups is 1. The Balaban J connectivity index is 1.37. The highest BCUT2D eigenvalue weighted by Crippen LogP contribution is 2.27. The van der Waals surface area contributed by atoms with Crippen molar-refractivity contribution in [1.82, 2.24) is 19.7 Å². The van der Waals surface area contributed by atoms with E-state index < -0.39 is 0 Å². The van der Waals surface area contributed by atoms with Crippen molar-refractivity contribution in [3.05, 3.63) is 72.2 Å². The molecule has 0 radical (unpaired) electrons. The highest BCUT2D eigenvalue weighted by atomic mass is 16.1. The number of rotatable bonds is 4. The molecule has 4 aromatic rings. The average molecular weight is 412 g/mol. The summed E-state index contributed by atoms with van der Waals surface area (Å²) in [6.45, 7) is 7.15. The lowest BCUT2D eigenvalue weighted by molar-refractivity contribution is 0.101. The highest BCUT2D eigenvalue weighted by molar-refractivity contribution is 5.94. The van der Waals surface area contributed by atoms with Crippen molar-refractivity contribution in [3.63, 3.8) is 0 Å². The number of ketones is 1. The second-order valence-corrected chi connectivity index (χ2v) is 7.91. The van der Waals surface area contributed by atoms with E-state index in [9.17, 15) is 4.79 Å². The van der Waals surface area contributed by atoms with Crippen molar-refractivity contribution in [3.8, 4) is 5.69 Å². The molecule has 7 nitrogen and oxygen atoms in total. The van der Waals surface area contributed by atoms with E-state index in [4.69, 9.17) is 0 Å². The lowest BCUT2D eigenvalue weighted by Gasteiger charge is -2.36. The quantitative estimate of drug-likeness (QED) is 0.477. The smallest absolute Gasteiger partial charge is 0.168 e. The van der Waals surface area contributed by atoms with Crippen molar-refractivity contribution in [2.45, 2.75) is 13.8 Å². The maximum atomic E-state index is 11.5. The molecule has 1 aliphatic rings. The minimum Gasteiger partial charge on any atom is -0.368 e. The van der Waals surface area contributed by atoms with Crippen LogP contribution < -0.4 is 9.80 Å². The summed E-state index contributed by atoms with van der Waals surface area (Å²) in [5.41, 5.74) is 4.89. The summed E-state index contributed by atoms with van der Waals surface area (Å²) >= 11 is 0. The molecule has 0 unspecified atom stereocenters. The first-order chi connectivity index (χ1) is 15.1. The molecule has 1 fully saturated rings. The Hall–Kier alpha value is -3.74. The summed E-state index contributed by atoms with van der Waals surface area (Å²) < 4.78 is 1.88. The van der Waals surface area contributed by atoms with Gasteiger partial charge in [0.25, 0.3) is 0 Å². The largest absolute Gasteiger partial charge is 0.368 e. The van der Waals surface area contributed by atoms with E-state index in [0.29, 0.717) is 0 Å². The Kier molecular flexibility index (Phi) is 4.86. The highest BCUT2D eigenvalue weighted by Gasteiger charge is 2.22. The minimum absolute atomic E-state index is 0.0929. The van der Waals surface area contributed by atoms with Crippen LogP contribution in [-0.2, 0) is 0 Å². The van der Waals surface area contributed by atoms with Gasteiger partial charge in [0.2, 0.25) is 0 Å². The molecule has 2 aromatic heterocycles. The summed E-state index contributed by atoms with van der Waals surface area (Å²) in [6.07, 6.45) is 3.48. The van der Waals surface area contributed by atoms with Gasteiger partial charge in [-0.15, -0.1) is 0 Å². The van der Waals surface area contributed by atoms with Crippen LogP contribution in [0.15, 0.2) is 61.1 Å². The number of Topliss-reactive ketones (excluding diaryl/α,β-unsaturated/α-hetero) is 1. The molecule has 31 heavy (non-hydrogen) atoms.